The lowest BCUT2D eigenvalue weighted by Crippen LogP contribution is -2.33. The molecule has 0 saturated carbocycles. The summed E-state index contributed by atoms with van der Waals surface area (Å²) in [5.74, 6) is -1.73. The molecule has 1 aromatic rings. The largest absolute Gasteiger partial charge is 0.294 e. The van der Waals surface area contributed by atoms with Gasteiger partial charge in [0.15, 0.2) is 5.78 Å². The number of allylic oxidation sites excluding steroid dienone is 2. The minimum absolute atomic E-state index is 0.0851. The number of sulfonamides is 1. The van der Waals surface area contributed by atoms with Gasteiger partial charge in [-0.1, -0.05) is 11.6 Å². The van der Waals surface area contributed by atoms with Gasteiger partial charge in [0.2, 0.25) is 5.78 Å². The molecule has 1 aliphatic rings. The Balaban J connectivity index is 2.49. The van der Waals surface area contributed by atoms with Crippen molar-refractivity contribution < 1.29 is 18.0 Å². The van der Waals surface area contributed by atoms with Crippen molar-refractivity contribution in [3.05, 3.63) is 40.9 Å². The van der Waals surface area contributed by atoms with Crippen molar-refractivity contribution in [1.29, 1.82) is 0 Å². The maximum Gasteiger partial charge on any atom is 0.282 e. The highest BCUT2D eigenvalue weighted by Gasteiger charge is 2.32. The molecule has 7 heteroatoms. The van der Waals surface area contributed by atoms with E-state index in [1.54, 1.807) is 0 Å². The van der Waals surface area contributed by atoms with Crippen LogP contribution in [0.5, 0.6) is 0 Å². The Morgan fingerprint density at radius 2 is 1.71 bits per heavy atom. The number of benzene rings is 1. The summed E-state index contributed by atoms with van der Waals surface area (Å²) in [6.45, 7) is 2.98. The Morgan fingerprint density at radius 1 is 1.14 bits per heavy atom. The molecule has 0 aromatic heterocycles. The van der Waals surface area contributed by atoms with Gasteiger partial charge in [-0.25, -0.2) is 0 Å². The molecule has 1 atom stereocenters. The van der Waals surface area contributed by atoms with E-state index in [-0.39, 0.29) is 16.4 Å². The molecule has 21 heavy (non-hydrogen) atoms. The number of rotatable bonds is 2. The zero-order valence-corrected chi connectivity index (χ0v) is 12.9. The molecule has 5 nitrogen and oxygen atoms in total. The van der Waals surface area contributed by atoms with Gasteiger partial charge in [-0.15, -0.1) is 0 Å². The van der Waals surface area contributed by atoms with E-state index in [0.29, 0.717) is 10.6 Å². The normalized spacial score (nSPS) is 21.6. The van der Waals surface area contributed by atoms with Crippen LogP contribution in [-0.2, 0) is 19.6 Å². The Kier molecular flexibility index (Phi) is 4.11. The topological polar surface area (TPSA) is 80.6 Å². The number of hydrogen-bond donors (Lipinski definition) is 0. The maximum absolute atomic E-state index is 12.2. The fourth-order valence-electron chi connectivity index (χ4n) is 1.93. The van der Waals surface area contributed by atoms with Gasteiger partial charge in [0.25, 0.3) is 10.0 Å². The summed E-state index contributed by atoms with van der Waals surface area (Å²) in [7, 11) is -4.06. The number of carbonyl (C=O) groups excluding carboxylic acids is 2. The summed E-state index contributed by atoms with van der Waals surface area (Å²) >= 11 is 5.70. The van der Waals surface area contributed by atoms with Crippen molar-refractivity contribution in [2.24, 2.45) is 10.3 Å². The van der Waals surface area contributed by atoms with Crippen molar-refractivity contribution in [1.82, 2.24) is 0 Å². The van der Waals surface area contributed by atoms with E-state index >= 15 is 0 Å². The molecule has 1 aromatic carbocycles. The Bertz CT molecular complexity index is 776. The molecule has 1 aliphatic carbocycles. The third-order valence-corrected chi connectivity index (χ3v) is 4.68. The zero-order valence-electron chi connectivity index (χ0n) is 11.3. The van der Waals surface area contributed by atoms with Crippen molar-refractivity contribution >= 4 is 38.9 Å². The van der Waals surface area contributed by atoms with Crippen LogP contribution in [0.1, 0.15) is 13.8 Å². The lowest BCUT2D eigenvalue weighted by atomic mass is 9.87. The molecule has 0 bridgehead atoms. The van der Waals surface area contributed by atoms with E-state index in [2.05, 4.69) is 4.40 Å². The number of hydrogen-bond acceptors (Lipinski definition) is 4. The first kappa shape index (κ1) is 15.6. The van der Waals surface area contributed by atoms with Crippen LogP contribution in [0.2, 0.25) is 5.02 Å². The van der Waals surface area contributed by atoms with Gasteiger partial charge in [0.1, 0.15) is 5.71 Å². The fraction of sp³-hybridized carbons (Fsp3) is 0.214. The van der Waals surface area contributed by atoms with Gasteiger partial charge >= 0.3 is 0 Å². The monoisotopic (exact) mass is 325 g/mol. The minimum atomic E-state index is -4.06. The first-order chi connectivity index (χ1) is 9.72. The fourth-order valence-corrected chi connectivity index (χ4v) is 3.15. The van der Waals surface area contributed by atoms with E-state index in [9.17, 15) is 18.0 Å². The summed E-state index contributed by atoms with van der Waals surface area (Å²) in [4.78, 5) is 23.6. The Labute approximate surface area is 127 Å². The van der Waals surface area contributed by atoms with E-state index in [1.807, 2.05) is 0 Å². The number of halogens is 1. The summed E-state index contributed by atoms with van der Waals surface area (Å²) in [6.07, 6.45) is 1.11. The van der Waals surface area contributed by atoms with Gasteiger partial charge in [0, 0.05) is 5.02 Å². The second-order valence-corrected chi connectivity index (χ2v) is 6.72. The molecule has 1 unspecified atom stereocenters. The van der Waals surface area contributed by atoms with Gasteiger partial charge in [-0.2, -0.15) is 12.8 Å². The van der Waals surface area contributed by atoms with Gasteiger partial charge in [-0.05, 0) is 49.8 Å². The summed E-state index contributed by atoms with van der Waals surface area (Å²) in [5.41, 5.74) is 0.0379. The highest BCUT2D eigenvalue weighted by atomic mass is 35.5. The summed E-state index contributed by atoms with van der Waals surface area (Å²) in [6, 6.07) is 5.41. The molecule has 0 fully saturated rings. The van der Waals surface area contributed by atoms with Gasteiger partial charge < -0.3 is 0 Å². The van der Waals surface area contributed by atoms with E-state index in [0.717, 1.165) is 6.08 Å². The molecule has 0 heterocycles. The maximum atomic E-state index is 12.2. The Morgan fingerprint density at radius 3 is 2.29 bits per heavy atom. The number of ketones is 2. The minimum Gasteiger partial charge on any atom is -0.294 e. The van der Waals surface area contributed by atoms with E-state index in [4.69, 9.17) is 11.6 Å². The predicted octanol–water partition coefficient (Wildman–Crippen LogP) is 2.20. The standard InChI is InChI=1S/C14H12ClNO4S/c1-8-7-12(17)13(9(2)14(8)18)16-21(19,20)11-5-3-10(15)4-6-11/h3-7,9H,1-2H3. The van der Waals surface area contributed by atoms with Crippen LogP contribution in [-0.4, -0.2) is 25.7 Å². The molecule has 0 saturated heterocycles. The highest BCUT2D eigenvalue weighted by molar-refractivity contribution is 7.90. The third-order valence-electron chi connectivity index (χ3n) is 3.12. The molecule has 2 rings (SSSR count). The van der Waals surface area contributed by atoms with Crippen molar-refractivity contribution in [3.63, 3.8) is 0 Å². The van der Waals surface area contributed by atoms with E-state index < -0.39 is 21.7 Å². The molecule has 0 N–H and O–H groups in total. The number of carbonyl (C=O) groups is 2. The van der Waals surface area contributed by atoms with Crippen LogP contribution < -0.4 is 0 Å². The quantitative estimate of drug-likeness (QED) is 0.834. The third kappa shape index (κ3) is 3.11. The average molecular weight is 326 g/mol. The van der Waals surface area contributed by atoms with Crippen LogP contribution in [0, 0.1) is 5.92 Å². The van der Waals surface area contributed by atoms with Crippen LogP contribution in [0.25, 0.3) is 0 Å². The highest BCUT2D eigenvalue weighted by Crippen LogP contribution is 2.21. The lowest BCUT2D eigenvalue weighted by molar-refractivity contribution is -0.119. The molecule has 0 amide bonds. The van der Waals surface area contributed by atoms with Crippen LogP contribution in [0.3, 0.4) is 0 Å². The predicted molar refractivity (Wildman–Crippen MR) is 79.0 cm³/mol. The smallest absolute Gasteiger partial charge is 0.282 e. The van der Waals surface area contributed by atoms with Crippen LogP contribution in [0.15, 0.2) is 45.2 Å². The Hall–Kier alpha value is -1.79. The van der Waals surface area contributed by atoms with Crippen molar-refractivity contribution in [2.45, 2.75) is 18.7 Å². The molecular weight excluding hydrogens is 314 g/mol. The summed E-state index contributed by atoms with van der Waals surface area (Å²) in [5, 5.41) is 0.387. The zero-order chi connectivity index (χ0) is 15.8. The summed E-state index contributed by atoms with van der Waals surface area (Å²) < 4.78 is 27.9. The molecule has 0 spiro atoms. The molecule has 110 valence electrons. The molecular formula is C14H12ClNO4S. The van der Waals surface area contributed by atoms with Crippen molar-refractivity contribution in [3.8, 4) is 0 Å². The second-order valence-electron chi connectivity index (χ2n) is 4.68. The van der Waals surface area contributed by atoms with Gasteiger partial charge in [-0.3, -0.25) is 9.59 Å². The first-order valence-corrected chi connectivity index (χ1v) is 7.91. The first-order valence-electron chi connectivity index (χ1n) is 6.09. The van der Waals surface area contributed by atoms with Gasteiger partial charge in [0.05, 0.1) is 10.8 Å². The number of Topliss-reactive ketones (excluding diaryl/α,β-unsaturated/α-hetero) is 1. The van der Waals surface area contributed by atoms with Crippen LogP contribution >= 0.6 is 11.6 Å². The van der Waals surface area contributed by atoms with Crippen LogP contribution in [0.4, 0.5) is 0 Å². The van der Waals surface area contributed by atoms with E-state index in [1.165, 1.54) is 38.1 Å². The average Bonchev–Trinajstić information content (AvgIpc) is 2.42. The molecule has 0 radical (unpaired) electrons. The SMILES string of the molecule is CC1=CC(=O)C(=NS(=O)(=O)c2ccc(Cl)cc2)C(C)C1=O. The van der Waals surface area contributed by atoms with Crippen molar-refractivity contribution in [2.75, 3.05) is 0 Å². The molecule has 0 aliphatic heterocycles. The second kappa shape index (κ2) is 5.54. The lowest BCUT2D eigenvalue weighted by Gasteiger charge is -2.16. The number of nitrogens with zero attached hydrogens (tertiary/aromatic N) is 1.